The van der Waals surface area contributed by atoms with Crippen molar-refractivity contribution in [2.75, 3.05) is 5.32 Å². The van der Waals surface area contributed by atoms with Crippen LogP contribution in [0.4, 0.5) is 5.69 Å². The highest BCUT2D eigenvalue weighted by molar-refractivity contribution is 14.1. The molecule has 0 saturated heterocycles. The molecule has 4 heteroatoms. The molecule has 1 atom stereocenters. The van der Waals surface area contributed by atoms with Crippen LogP contribution in [0, 0.1) is 0 Å². The number of nitrogens with one attached hydrogen (secondary N) is 2. The van der Waals surface area contributed by atoms with Gasteiger partial charge in [-0.1, -0.05) is 40.8 Å². The van der Waals surface area contributed by atoms with Crippen molar-refractivity contribution >= 4 is 45.1 Å². The lowest BCUT2D eigenvalue weighted by Crippen LogP contribution is -2.20. The summed E-state index contributed by atoms with van der Waals surface area (Å²) in [6.07, 6.45) is 1.82. The summed E-state index contributed by atoms with van der Waals surface area (Å²) in [5.74, 6) is 0.115. The van der Waals surface area contributed by atoms with Gasteiger partial charge in [0.15, 0.2) is 0 Å². The fourth-order valence-electron chi connectivity index (χ4n) is 2.13. The quantitative estimate of drug-likeness (QED) is 0.567. The van der Waals surface area contributed by atoms with E-state index in [1.807, 2.05) is 24.3 Å². The second kappa shape index (κ2) is 3.76. The highest BCUT2D eigenvalue weighted by atomic mass is 127. The Morgan fingerprint density at radius 2 is 2.12 bits per heavy atom. The van der Waals surface area contributed by atoms with Crippen LogP contribution in [0.25, 0.3) is 10.9 Å². The molecule has 0 radical (unpaired) electrons. The van der Waals surface area contributed by atoms with Gasteiger partial charge in [0.05, 0.1) is 9.61 Å². The topological polar surface area (TPSA) is 44.9 Å². The predicted octanol–water partition coefficient (Wildman–Crippen LogP) is 2.86. The van der Waals surface area contributed by atoms with Gasteiger partial charge >= 0.3 is 0 Å². The Morgan fingerprint density at radius 3 is 3.00 bits per heavy atom. The number of H-pyrrole nitrogens is 1. The summed E-state index contributed by atoms with van der Waals surface area (Å²) < 4.78 is 0.0668. The highest BCUT2D eigenvalue weighted by Gasteiger charge is 2.23. The summed E-state index contributed by atoms with van der Waals surface area (Å²) in [7, 11) is 0. The maximum absolute atomic E-state index is 11.8. The van der Waals surface area contributed by atoms with Crippen LogP contribution in [0.5, 0.6) is 0 Å². The van der Waals surface area contributed by atoms with E-state index in [9.17, 15) is 4.79 Å². The van der Waals surface area contributed by atoms with Crippen LogP contribution in [0.3, 0.4) is 0 Å². The number of aryl methyl sites for hydroxylation is 1. The first-order valence-corrected chi connectivity index (χ1v) is 6.55. The lowest BCUT2D eigenvalue weighted by Gasteiger charge is -2.04. The second-order valence-electron chi connectivity index (χ2n) is 4.02. The van der Waals surface area contributed by atoms with E-state index < -0.39 is 0 Å². The first-order chi connectivity index (χ1) is 7.75. The van der Waals surface area contributed by atoms with Gasteiger partial charge in [0, 0.05) is 16.6 Å². The summed E-state index contributed by atoms with van der Waals surface area (Å²) in [6, 6.07) is 8.08. The first kappa shape index (κ1) is 10.1. The fraction of sp³-hybridized carbons (Fsp3) is 0.250. The van der Waals surface area contributed by atoms with Crippen LogP contribution in [-0.4, -0.2) is 14.8 Å². The molecular weight excluding hydrogens is 315 g/mol. The molecular formula is C12H11IN2O. The summed E-state index contributed by atoms with van der Waals surface area (Å²) in [5.41, 5.74) is 3.22. The van der Waals surface area contributed by atoms with Crippen LogP contribution >= 0.6 is 22.6 Å². The van der Waals surface area contributed by atoms with Crippen LogP contribution in [0.15, 0.2) is 24.3 Å². The first-order valence-electron chi connectivity index (χ1n) is 5.30. The number of rotatable bonds is 0. The lowest BCUT2D eigenvalue weighted by molar-refractivity contribution is -0.115. The van der Waals surface area contributed by atoms with Crippen molar-refractivity contribution in [3.63, 3.8) is 0 Å². The van der Waals surface area contributed by atoms with Gasteiger partial charge in [-0.15, -0.1) is 0 Å². The predicted molar refractivity (Wildman–Crippen MR) is 73.1 cm³/mol. The molecule has 2 heterocycles. The van der Waals surface area contributed by atoms with Crippen molar-refractivity contribution in [2.45, 2.75) is 16.8 Å². The normalized spacial score (nSPS) is 20.3. The van der Waals surface area contributed by atoms with Gasteiger partial charge in [0.2, 0.25) is 5.91 Å². The highest BCUT2D eigenvalue weighted by Crippen LogP contribution is 2.32. The third kappa shape index (κ3) is 1.52. The number of benzene rings is 1. The van der Waals surface area contributed by atoms with E-state index >= 15 is 0 Å². The number of para-hydroxylation sites is 1. The maximum Gasteiger partial charge on any atom is 0.237 e. The van der Waals surface area contributed by atoms with E-state index in [1.165, 1.54) is 0 Å². The van der Waals surface area contributed by atoms with Crippen molar-refractivity contribution in [2.24, 2.45) is 0 Å². The molecule has 2 N–H and O–H groups in total. The Morgan fingerprint density at radius 1 is 1.31 bits per heavy atom. The molecule has 1 aliphatic heterocycles. The van der Waals surface area contributed by atoms with Crippen molar-refractivity contribution in [1.82, 2.24) is 4.98 Å². The number of hydrogen-bond donors (Lipinski definition) is 2. The zero-order valence-electron chi connectivity index (χ0n) is 8.59. The minimum Gasteiger partial charge on any atom is -0.357 e. The minimum absolute atomic E-state index is 0.0668. The average molecular weight is 326 g/mol. The van der Waals surface area contributed by atoms with Crippen LogP contribution in [0.2, 0.25) is 0 Å². The smallest absolute Gasteiger partial charge is 0.237 e. The Balaban J connectivity index is 2.18. The molecule has 0 spiro atoms. The average Bonchev–Trinajstić information content (AvgIpc) is 2.58. The summed E-state index contributed by atoms with van der Waals surface area (Å²) in [5, 5.41) is 4.13. The zero-order chi connectivity index (χ0) is 11.1. The molecule has 0 fully saturated rings. The van der Waals surface area contributed by atoms with E-state index in [0.717, 1.165) is 35.1 Å². The number of carbonyl (C=O) groups is 1. The van der Waals surface area contributed by atoms with E-state index in [0.29, 0.717) is 0 Å². The number of fused-ring (bicyclic) bond motifs is 3. The van der Waals surface area contributed by atoms with Crippen molar-refractivity contribution < 1.29 is 4.79 Å². The van der Waals surface area contributed by atoms with Gasteiger partial charge in [-0.05, 0) is 18.9 Å². The van der Waals surface area contributed by atoms with Gasteiger partial charge in [-0.25, -0.2) is 0 Å². The summed E-state index contributed by atoms with van der Waals surface area (Å²) >= 11 is 2.20. The van der Waals surface area contributed by atoms with Gasteiger partial charge in [-0.2, -0.15) is 0 Å². The van der Waals surface area contributed by atoms with Gasteiger partial charge in [-0.3, -0.25) is 4.79 Å². The van der Waals surface area contributed by atoms with Crippen molar-refractivity contribution in [3.8, 4) is 0 Å². The van der Waals surface area contributed by atoms with Crippen LogP contribution in [-0.2, 0) is 11.2 Å². The van der Waals surface area contributed by atoms with Crippen molar-refractivity contribution in [1.29, 1.82) is 0 Å². The number of carbonyl (C=O) groups excluding carboxylic acids is 1. The largest absolute Gasteiger partial charge is 0.357 e. The third-order valence-electron chi connectivity index (χ3n) is 2.96. The molecule has 82 valence electrons. The standard InChI is InChI=1S/C12H11IN2O/c13-8-5-6-10-11(15-12(8)16)7-3-1-2-4-9(7)14-10/h1-4,8,14H,5-6H2,(H,15,16). The summed E-state index contributed by atoms with van der Waals surface area (Å²) in [4.78, 5) is 15.2. The SMILES string of the molecule is O=C1Nc2c([nH]c3ccccc23)CCC1I. The van der Waals surface area contributed by atoms with Gasteiger partial charge in [0.25, 0.3) is 0 Å². The number of amides is 1. The molecule has 1 aromatic carbocycles. The fourth-order valence-corrected chi connectivity index (χ4v) is 2.60. The molecule has 1 amide bonds. The van der Waals surface area contributed by atoms with Gasteiger partial charge < -0.3 is 10.3 Å². The molecule has 0 bridgehead atoms. The number of hydrogen-bond acceptors (Lipinski definition) is 1. The van der Waals surface area contributed by atoms with Crippen molar-refractivity contribution in [3.05, 3.63) is 30.0 Å². The molecule has 0 aliphatic carbocycles. The molecule has 3 nitrogen and oxygen atoms in total. The molecule has 1 unspecified atom stereocenters. The number of anilines is 1. The monoisotopic (exact) mass is 326 g/mol. The Hall–Kier alpha value is -1.04. The van der Waals surface area contributed by atoms with E-state index in [4.69, 9.17) is 0 Å². The Kier molecular flexibility index (Phi) is 2.38. The molecule has 16 heavy (non-hydrogen) atoms. The third-order valence-corrected chi connectivity index (χ3v) is 4.15. The number of alkyl halides is 1. The Labute approximate surface area is 107 Å². The van der Waals surface area contributed by atoms with Crippen LogP contribution in [0.1, 0.15) is 12.1 Å². The zero-order valence-corrected chi connectivity index (χ0v) is 10.7. The molecule has 0 saturated carbocycles. The van der Waals surface area contributed by atoms with Gasteiger partial charge in [0.1, 0.15) is 0 Å². The molecule has 1 aromatic heterocycles. The molecule has 1 aliphatic rings. The Bertz CT molecular complexity index is 561. The van der Waals surface area contributed by atoms with E-state index in [2.05, 4.69) is 32.9 Å². The van der Waals surface area contributed by atoms with E-state index in [1.54, 1.807) is 0 Å². The number of halogens is 1. The number of aromatic nitrogens is 1. The minimum atomic E-state index is 0.0668. The molecule has 2 aromatic rings. The lowest BCUT2D eigenvalue weighted by atomic mass is 10.2. The summed E-state index contributed by atoms with van der Waals surface area (Å²) in [6.45, 7) is 0. The number of aromatic amines is 1. The van der Waals surface area contributed by atoms with Crippen LogP contribution < -0.4 is 5.32 Å². The second-order valence-corrected chi connectivity index (χ2v) is 5.52. The molecule has 3 rings (SSSR count). The maximum atomic E-state index is 11.8. The van der Waals surface area contributed by atoms with E-state index in [-0.39, 0.29) is 9.83 Å².